The van der Waals surface area contributed by atoms with Crippen molar-refractivity contribution >= 4 is 11.9 Å². The van der Waals surface area contributed by atoms with E-state index in [4.69, 9.17) is 14.6 Å². The van der Waals surface area contributed by atoms with Gasteiger partial charge >= 0.3 is 5.97 Å². The van der Waals surface area contributed by atoms with E-state index in [2.05, 4.69) is 0 Å². The number of amides is 1. The molecule has 6 heteroatoms. The number of carboxylic acids is 1. The van der Waals surface area contributed by atoms with E-state index >= 15 is 0 Å². The Morgan fingerprint density at radius 2 is 1.85 bits per heavy atom. The monoisotopic (exact) mass is 279 g/mol. The van der Waals surface area contributed by atoms with Gasteiger partial charge in [-0.15, -0.1) is 0 Å². The molecule has 1 aromatic rings. The Balaban J connectivity index is 1.94. The number of hydrogen-bond donors (Lipinski definition) is 1. The fourth-order valence-corrected chi connectivity index (χ4v) is 1.97. The van der Waals surface area contributed by atoms with Gasteiger partial charge in [0.2, 0.25) is 0 Å². The summed E-state index contributed by atoms with van der Waals surface area (Å²) in [5, 5.41) is 8.80. The second-order valence-electron chi connectivity index (χ2n) is 4.53. The summed E-state index contributed by atoms with van der Waals surface area (Å²) >= 11 is 0. The number of carbonyl (C=O) groups excluding carboxylic acids is 1. The van der Waals surface area contributed by atoms with Crippen LogP contribution in [0.3, 0.4) is 0 Å². The second-order valence-corrected chi connectivity index (χ2v) is 4.53. The minimum atomic E-state index is -0.992. The first-order valence-electron chi connectivity index (χ1n) is 6.44. The number of rotatable bonds is 4. The van der Waals surface area contributed by atoms with Gasteiger partial charge in [-0.1, -0.05) is 0 Å². The SMILES string of the molecule is C[C@H](Oc1ccc(C(=O)O)cc1)C(=O)N1CCOCC1. The number of carboxylic acid groups (broad SMARTS) is 1. The standard InChI is InChI=1S/C14H17NO5/c1-10(13(16)15-6-8-19-9-7-15)20-12-4-2-11(3-5-12)14(17)18/h2-5,10H,6-9H2,1H3,(H,17,18)/t10-/m0/s1. The number of aromatic carboxylic acids is 1. The molecular formula is C14H17NO5. The van der Waals surface area contributed by atoms with Crippen LogP contribution in [0.15, 0.2) is 24.3 Å². The first-order chi connectivity index (χ1) is 9.58. The summed E-state index contributed by atoms with van der Waals surface area (Å²) in [7, 11) is 0. The maximum atomic E-state index is 12.1. The number of benzene rings is 1. The van der Waals surface area contributed by atoms with Crippen LogP contribution >= 0.6 is 0 Å². The molecule has 1 aliphatic rings. The normalized spacial score (nSPS) is 16.6. The average Bonchev–Trinajstić information content (AvgIpc) is 2.48. The Bertz CT molecular complexity index is 479. The van der Waals surface area contributed by atoms with Crippen LogP contribution in [0, 0.1) is 0 Å². The lowest BCUT2D eigenvalue weighted by atomic mass is 10.2. The molecule has 1 N–H and O–H groups in total. The Kier molecular flexibility index (Phi) is 4.57. The van der Waals surface area contributed by atoms with Gasteiger partial charge in [0, 0.05) is 13.1 Å². The molecule has 108 valence electrons. The van der Waals surface area contributed by atoms with Gasteiger partial charge in [0.15, 0.2) is 6.10 Å². The van der Waals surface area contributed by atoms with Crippen LogP contribution in [0.4, 0.5) is 0 Å². The summed E-state index contributed by atoms with van der Waals surface area (Å²) < 4.78 is 10.7. The van der Waals surface area contributed by atoms with Gasteiger partial charge in [-0.2, -0.15) is 0 Å². The summed E-state index contributed by atoms with van der Waals surface area (Å²) in [6.07, 6.45) is -0.608. The molecule has 0 radical (unpaired) electrons. The van der Waals surface area contributed by atoms with E-state index in [1.807, 2.05) is 0 Å². The zero-order chi connectivity index (χ0) is 14.5. The lowest BCUT2D eigenvalue weighted by Crippen LogP contribution is -2.46. The molecule has 2 rings (SSSR count). The van der Waals surface area contributed by atoms with Crippen molar-refractivity contribution in [3.05, 3.63) is 29.8 Å². The molecule has 1 atom stereocenters. The highest BCUT2D eigenvalue weighted by Crippen LogP contribution is 2.15. The quantitative estimate of drug-likeness (QED) is 0.890. The third-order valence-corrected chi connectivity index (χ3v) is 3.08. The molecule has 6 nitrogen and oxygen atoms in total. The van der Waals surface area contributed by atoms with Gasteiger partial charge in [-0.05, 0) is 31.2 Å². The first-order valence-corrected chi connectivity index (χ1v) is 6.44. The predicted molar refractivity (Wildman–Crippen MR) is 70.9 cm³/mol. The summed E-state index contributed by atoms with van der Waals surface area (Å²) in [4.78, 5) is 24.6. The van der Waals surface area contributed by atoms with Crippen LogP contribution in [-0.2, 0) is 9.53 Å². The lowest BCUT2D eigenvalue weighted by Gasteiger charge is -2.29. The molecule has 0 spiro atoms. The summed E-state index contributed by atoms with van der Waals surface area (Å²) in [6, 6.07) is 5.99. The smallest absolute Gasteiger partial charge is 0.335 e. The van der Waals surface area contributed by atoms with Crippen molar-refractivity contribution < 1.29 is 24.2 Å². The van der Waals surface area contributed by atoms with Crippen LogP contribution in [0.1, 0.15) is 17.3 Å². The molecule has 1 aliphatic heterocycles. The van der Waals surface area contributed by atoms with Gasteiger partial charge < -0.3 is 19.5 Å². The molecule has 1 saturated heterocycles. The Morgan fingerprint density at radius 1 is 1.25 bits per heavy atom. The molecule has 0 unspecified atom stereocenters. The fraction of sp³-hybridized carbons (Fsp3) is 0.429. The molecule has 1 fully saturated rings. The van der Waals surface area contributed by atoms with Crippen molar-refractivity contribution in [2.24, 2.45) is 0 Å². The number of carbonyl (C=O) groups is 2. The number of ether oxygens (including phenoxy) is 2. The molecule has 1 heterocycles. The van der Waals surface area contributed by atoms with Crippen LogP contribution in [-0.4, -0.2) is 54.3 Å². The van der Waals surface area contributed by atoms with Crippen LogP contribution in [0.5, 0.6) is 5.75 Å². The zero-order valence-electron chi connectivity index (χ0n) is 11.2. The fourth-order valence-electron chi connectivity index (χ4n) is 1.97. The number of hydrogen-bond acceptors (Lipinski definition) is 4. The second kappa shape index (κ2) is 6.38. The van der Waals surface area contributed by atoms with E-state index in [0.29, 0.717) is 32.1 Å². The van der Waals surface area contributed by atoms with Crippen molar-refractivity contribution in [1.82, 2.24) is 4.90 Å². The maximum absolute atomic E-state index is 12.1. The zero-order valence-corrected chi connectivity index (χ0v) is 11.2. The summed E-state index contributed by atoms with van der Waals surface area (Å²) in [5.74, 6) is -0.603. The maximum Gasteiger partial charge on any atom is 0.335 e. The van der Waals surface area contributed by atoms with Gasteiger partial charge in [0.1, 0.15) is 5.75 Å². The van der Waals surface area contributed by atoms with Gasteiger partial charge in [0.05, 0.1) is 18.8 Å². The highest BCUT2D eigenvalue weighted by atomic mass is 16.5. The summed E-state index contributed by atoms with van der Waals surface area (Å²) in [5.41, 5.74) is 0.185. The van der Waals surface area contributed by atoms with E-state index in [1.54, 1.807) is 24.0 Å². The molecule has 20 heavy (non-hydrogen) atoms. The molecular weight excluding hydrogens is 262 g/mol. The van der Waals surface area contributed by atoms with E-state index in [1.165, 1.54) is 12.1 Å². The Hall–Kier alpha value is -2.08. The molecule has 0 aliphatic carbocycles. The van der Waals surface area contributed by atoms with Crippen LogP contribution in [0.2, 0.25) is 0 Å². The molecule has 0 saturated carbocycles. The highest BCUT2D eigenvalue weighted by molar-refractivity contribution is 5.87. The van der Waals surface area contributed by atoms with Crippen LogP contribution < -0.4 is 4.74 Å². The van der Waals surface area contributed by atoms with Crippen molar-refractivity contribution in [1.29, 1.82) is 0 Å². The van der Waals surface area contributed by atoms with Crippen molar-refractivity contribution in [3.8, 4) is 5.75 Å². The number of morpholine rings is 1. The Morgan fingerprint density at radius 3 is 2.40 bits per heavy atom. The average molecular weight is 279 g/mol. The van der Waals surface area contributed by atoms with Crippen molar-refractivity contribution in [2.45, 2.75) is 13.0 Å². The highest BCUT2D eigenvalue weighted by Gasteiger charge is 2.23. The predicted octanol–water partition coefficient (Wildman–Crippen LogP) is 1.01. The lowest BCUT2D eigenvalue weighted by molar-refractivity contribution is -0.142. The molecule has 0 bridgehead atoms. The molecule has 0 aromatic heterocycles. The van der Waals surface area contributed by atoms with Gasteiger partial charge in [0.25, 0.3) is 5.91 Å². The molecule has 1 amide bonds. The topological polar surface area (TPSA) is 76.1 Å². The van der Waals surface area contributed by atoms with Crippen molar-refractivity contribution in [3.63, 3.8) is 0 Å². The number of nitrogens with zero attached hydrogens (tertiary/aromatic N) is 1. The minimum Gasteiger partial charge on any atom is -0.481 e. The van der Waals surface area contributed by atoms with Gasteiger partial charge in [-0.3, -0.25) is 4.79 Å². The van der Waals surface area contributed by atoms with Crippen molar-refractivity contribution in [2.75, 3.05) is 26.3 Å². The summed E-state index contributed by atoms with van der Waals surface area (Å²) in [6.45, 7) is 3.93. The first kappa shape index (κ1) is 14.3. The van der Waals surface area contributed by atoms with E-state index in [9.17, 15) is 9.59 Å². The molecule has 1 aromatic carbocycles. The largest absolute Gasteiger partial charge is 0.481 e. The minimum absolute atomic E-state index is 0.0874. The Labute approximate surface area is 116 Å². The third kappa shape index (κ3) is 3.48. The van der Waals surface area contributed by atoms with E-state index < -0.39 is 12.1 Å². The third-order valence-electron chi connectivity index (χ3n) is 3.08. The van der Waals surface area contributed by atoms with Gasteiger partial charge in [-0.25, -0.2) is 4.79 Å². The van der Waals surface area contributed by atoms with Crippen LogP contribution in [0.25, 0.3) is 0 Å². The van der Waals surface area contributed by atoms with E-state index in [-0.39, 0.29) is 11.5 Å². The van der Waals surface area contributed by atoms with E-state index in [0.717, 1.165) is 0 Å².